The first kappa shape index (κ1) is 19.1. The highest BCUT2D eigenvalue weighted by molar-refractivity contribution is 7.96. The normalized spacial score (nSPS) is 18.4. The van der Waals surface area contributed by atoms with Crippen molar-refractivity contribution in [2.24, 2.45) is 5.73 Å². The minimum absolute atomic E-state index is 0. The van der Waals surface area contributed by atoms with E-state index in [-0.39, 0.29) is 6.15 Å². The number of rotatable bonds is 0. The molecule has 0 saturated heterocycles. The maximum absolute atomic E-state index is 9.09. The minimum Gasteiger partial charge on any atom is -0.361 e. The first-order chi connectivity index (χ1) is 7.73. The van der Waals surface area contributed by atoms with Gasteiger partial charge in [-0.25, -0.2) is 0 Å². The summed E-state index contributed by atoms with van der Waals surface area (Å²) in [5.41, 5.74) is 4.34. The highest BCUT2D eigenvalue weighted by Crippen LogP contribution is 2.15. The van der Waals surface area contributed by atoms with Crippen molar-refractivity contribution in [1.82, 2.24) is 6.15 Å². The predicted octanol–water partition coefficient (Wildman–Crippen LogP) is 4.84. The van der Waals surface area contributed by atoms with Crippen molar-refractivity contribution in [2.75, 3.05) is 0 Å². The minimum atomic E-state index is -0.639. The number of thiol groups is 1. The molecular weight excluding hydrogens is 232 g/mol. The van der Waals surface area contributed by atoms with Gasteiger partial charge in [-0.1, -0.05) is 89.7 Å². The molecule has 0 unspecified atom stereocenters. The Kier molecular flexibility index (Phi) is 17.8. The Labute approximate surface area is 112 Å². The summed E-state index contributed by atoms with van der Waals surface area (Å²) in [7, 11) is 0. The molecule has 3 nitrogen and oxygen atoms in total. The molecule has 0 aromatic heterocycles. The van der Waals surface area contributed by atoms with Gasteiger partial charge in [0.25, 0.3) is 5.24 Å². The predicted molar refractivity (Wildman–Crippen MR) is 79.0 cm³/mol. The molecule has 0 aromatic rings. The highest BCUT2D eigenvalue weighted by Gasteiger charge is 1.96. The molecule has 104 valence electrons. The largest absolute Gasteiger partial charge is 0.361 e. The number of primary amides is 1. The number of hydrogen-bond donors (Lipinski definition) is 3. The number of nitrogens with two attached hydrogens (primary N) is 1. The molecule has 2 aliphatic carbocycles. The van der Waals surface area contributed by atoms with Crippen LogP contribution >= 0.6 is 12.6 Å². The topological polar surface area (TPSA) is 78.1 Å². The van der Waals surface area contributed by atoms with Crippen molar-refractivity contribution >= 4 is 17.9 Å². The molecule has 0 atom stereocenters. The molecule has 0 aliphatic heterocycles. The second-order valence-corrected chi connectivity index (χ2v) is 5.02. The average Bonchev–Trinajstić information content (AvgIpc) is 2.34. The smallest absolute Gasteiger partial charge is 0.273 e. The SMILES string of the molecule is C1CCCCC1.C1CCCCC1.N.NC(=O)S. The quantitative estimate of drug-likeness (QED) is 0.546. The van der Waals surface area contributed by atoms with E-state index in [2.05, 4.69) is 18.4 Å². The summed E-state index contributed by atoms with van der Waals surface area (Å²) in [6, 6.07) is 0. The lowest BCUT2D eigenvalue weighted by atomic mass is 10.0. The van der Waals surface area contributed by atoms with Crippen LogP contribution in [0.4, 0.5) is 4.79 Å². The van der Waals surface area contributed by atoms with E-state index >= 15 is 0 Å². The van der Waals surface area contributed by atoms with Crippen LogP contribution in [0.2, 0.25) is 0 Å². The van der Waals surface area contributed by atoms with Crippen molar-refractivity contribution < 1.29 is 4.79 Å². The molecule has 0 aromatic carbocycles. The zero-order valence-electron chi connectivity index (χ0n) is 11.1. The molecule has 5 N–H and O–H groups in total. The van der Waals surface area contributed by atoms with Crippen LogP contribution in [0.5, 0.6) is 0 Å². The molecule has 0 radical (unpaired) electrons. The molecule has 2 saturated carbocycles. The van der Waals surface area contributed by atoms with E-state index in [9.17, 15) is 0 Å². The standard InChI is InChI=1S/2C6H12.CH3NOS.H3N/c2*1-2-4-6-5-3-1;2-1(3)4;/h2*1-6H2;(H3,2,3,4);1H3. The van der Waals surface area contributed by atoms with Gasteiger partial charge >= 0.3 is 0 Å². The molecule has 1 amide bonds. The van der Waals surface area contributed by atoms with E-state index < -0.39 is 5.24 Å². The Bertz CT molecular complexity index is 118. The van der Waals surface area contributed by atoms with Crippen LogP contribution in [0.25, 0.3) is 0 Å². The summed E-state index contributed by atoms with van der Waals surface area (Å²) in [4.78, 5) is 9.09. The van der Waals surface area contributed by atoms with Crippen LogP contribution in [0, 0.1) is 0 Å². The molecule has 2 aliphatic rings. The van der Waals surface area contributed by atoms with Gasteiger partial charge in [0.05, 0.1) is 0 Å². The van der Waals surface area contributed by atoms with Crippen LogP contribution in [0.3, 0.4) is 0 Å². The van der Waals surface area contributed by atoms with E-state index in [4.69, 9.17) is 4.79 Å². The fourth-order valence-corrected chi connectivity index (χ4v) is 2.12. The molecular formula is C13H30N2OS. The van der Waals surface area contributed by atoms with Crippen molar-refractivity contribution in [3.05, 3.63) is 0 Å². The Morgan fingerprint density at radius 1 is 0.647 bits per heavy atom. The van der Waals surface area contributed by atoms with Gasteiger partial charge in [-0.3, -0.25) is 4.79 Å². The molecule has 2 fully saturated rings. The molecule has 2 rings (SSSR count). The lowest BCUT2D eigenvalue weighted by molar-refractivity contribution is 0.267. The van der Waals surface area contributed by atoms with Gasteiger partial charge in [0.1, 0.15) is 0 Å². The molecule has 0 heterocycles. The van der Waals surface area contributed by atoms with Gasteiger partial charge in [0.2, 0.25) is 0 Å². The van der Waals surface area contributed by atoms with Crippen LogP contribution in [0.1, 0.15) is 77.0 Å². The van der Waals surface area contributed by atoms with Crippen molar-refractivity contribution in [1.29, 1.82) is 0 Å². The Hall–Kier alpha value is -0.220. The third kappa shape index (κ3) is 21.6. The number of carbonyl (C=O) groups excluding carboxylic acids is 1. The monoisotopic (exact) mass is 262 g/mol. The fourth-order valence-electron chi connectivity index (χ4n) is 2.12. The summed E-state index contributed by atoms with van der Waals surface area (Å²) in [5.74, 6) is 0. The van der Waals surface area contributed by atoms with E-state index in [0.717, 1.165) is 0 Å². The van der Waals surface area contributed by atoms with E-state index in [1.807, 2.05) is 0 Å². The summed E-state index contributed by atoms with van der Waals surface area (Å²) in [5, 5.41) is -0.639. The number of hydrogen-bond acceptors (Lipinski definition) is 2. The first-order valence-electron chi connectivity index (χ1n) is 6.72. The van der Waals surface area contributed by atoms with Crippen LogP contribution in [-0.2, 0) is 0 Å². The molecule has 0 spiro atoms. The summed E-state index contributed by atoms with van der Waals surface area (Å²) < 4.78 is 0. The lowest BCUT2D eigenvalue weighted by Gasteiger charge is -2.05. The molecule has 4 heteroatoms. The van der Waals surface area contributed by atoms with Gasteiger partial charge in [0, 0.05) is 0 Å². The maximum Gasteiger partial charge on any atom is 0.273 e. The third-order valence-corrected chi connectivity index (χ3v) is 3.00. The Morgan fingerprint density at radius 2 is 0.706 bits per heavy atom. The number of carbonyl (C=O) groups is 1. The van der Waals surface area contributed by atoms with E-state index in [1.54, 1.807) is 0 Å². The molecule has 0 bridgehead atoms. The van der Waals surface area contributed by atoms with Gasteiger partial charge in [-0.2, -0.15) is 0 Å². The summed E-state index contributed by atoms with van der Waals surface area (Å²) in [6.45, 7) is 0. The van der Waals surface area contributed by atoms with Crippen LogP contribution in [0.15, 0.2) is 0 Å². The maximum atomic E-state index is 9.09. The fraction of sp³-hybridized carbons (Fsp3) is 0.923. The Morgan fingerprint density at radius 3 is 0.765 bits per heavy atom. The van der Waals surface area contributed by atoms with Gasteiger partial charge in [-0.05, 0) is 0 Å². The zero-order valence-corrected chi connectivity index (χ0v) is 12.0. The second kappa shape index (κ2) is 15.8. The molecule has 17 heavy (non-hydrogen) atoms. The first-order valence-corrected chi connectivity index (χ1v) is 7.16. The average molecular weight is 262 g/mol. The van der Waals surface area contributed by atoms with Crippen molar-refractivity contribution in [2.45, 2.75) is 77.0 Å². The second-order valence-electron chi connectivity index (χ2n) is 4.58. The van der Waals surface area contributed by atoms with E-state index in [1.165, 1.54) is 77.0 Å². The summed E-state index contributed by atoms with van der Waals surface area (Å²) >= 11 is 3.10. The van der Waals surface area contributed by atoms with Crippen LogP contribution < -0.4 is 11.9 Å². The summed E-state index contributed by atoms with van der Waals surface area (Å²) in [6.07, 6.45) is 18.0. The highest BCUT2D eigenvalue weighted by atomic mass is 32.1. The van der Waals surface area contributed by atoms with E-state index in [0.29, 0.717) is 0 Å². The van der Waals surface area contributed by atoms with Gasteiger partial charge in [-0.15, -0.1) is 0 Å². The van der Waals surface area contributed by atoms with Crippen molar-refractivity contribution in [3.8, 4) is 0 Å². The number of amides is 1. The van der Waals surface area contributed by atoms with Crippen molar-refractivity contribution in [3.63, 3.8) is 0 Å². The Balaban J connectivity index is 0. The van der Waals surface area contributed by atoms with Crippen LogP contribution in [-0.4, -0.2) is 5.24 Å². The zero-order chi connectivity index (χ0) is 12.1. The third-order valence-electron chi connectivity index (χ3n) is 3.00. The van der Waals surface area contributed by atoms with Gasteiger partial charge in [0.15, 0.2) is 0 Å². The lowest BCUT2D eigenvalue weighted by Crippen LogP contribution is -1.95. The van der Waals surface area contributed by atoms with Gasteiger partial charge < -0.3 is 11.9 Å².